The normalized spacial score (nSPS) is 13.0. The van der Waals surface area contributed by atoms with Gasteiger partial charge in [-0.25, -0.2) is 4.98 Å². The van der Waals surface area contributed by atoms with Gasteiger partial charge in [0.2, 0.25) is 5.95 Å². The third-order valence-electron chi connectivity index (χ3n) is 3.19. The smallest absolute Gasteiger partial charge is 0.222 e. The fourth-order valence-electron chi connectivity index (χ4n) is 2.45. The zero-order valence-corrected chi connectivity index (χ0v) is 9.70. The van der Waals surface area contributed by atoms with E-state index in [1.807, 2.05) is 0 Å². The predicted molar refractivity (Wildman–Crippen MR) is 68.4 cm³/mol. The molecule has 1 heterocycles. The van der Waals surface area contributed by atoms with Gasteiger partial charge in [0.05, 0.1) is 5.69 Å². The minimum atomic E-state index is 0.261. The van der Waals surface area contributed by atoms with Crippen LogP contribution in [0.2, 0.25) is 0 Å². The molecule has 0 aliphatic heterocycles. The van der Waals surface area contributed by atoms with E-state index in [0.29, 0.717) is 5.82 Å². The summed E-state index contributed by atoms with van der Waals surface area (Å²) < 4.78 is 0. The summed E-state index contributed by atoms with van der Waals surface area (Å²) in [5.41, 5.74) is 17.2. The molecule has 4 nitrogen and oxygen atoms in total. The van der Waals surface area contributed by atoms with Crippen LogP contribution in [0.25, 0.3) is 11.1 Å². The van der Waals surface area contributed by atoms with E-state index in [9.17, 15) is 0 Å². The number of hydrogen-bond acceptors (Lipinski definition) is 4. The molecule has 2 aromatic rings. The second-order valence-corrected chi connectivity index (χ2v) is 4.45. The van der Waals surface area contributed by atoms with E-state index in [4.69, 9.17) is 11.5 Å². The summed E-state index contributed by atoms with van der Waals surface area (Å²) in [7, 11) is 0. The van der Waals surface area contributed by atoms with Crippen LogP contribution in [0.4, 0.5) is 11.8 Å². The summed E-state index contributed by atoms with van der Waals surface area (Å²) in [5, 5.41) is 0. The van der Waals surface area contributed by atoms with Gasteiger partial charge in [0.1, 0.15) is 5.82 Å². The van der Waals surface area contributed by atoms with Crippen LogP contribution in [0.1, 0.15) is 16.8 Å². The fourth-order valence-corrected chi connectivity index (χ4v) is 2.45. The first-order chi connectivity index (χ1) is 8.15. The Bertz CT molecular complexity index is 605. The maximum absolute atomic E-state index is 5.96. The van der Waals surface area contributed by atoms with Crippen molar-refractivity contribution in [1.82, 2.24) is 9.97 Å². The van der Waals surface area contributed by atoms with Crippen molar-refractivity contribution in [3.8, 4) is 11.1 Å². The highest BCUT2D eigenvalue weighted by Gasteiger charge is 2.20. The Morgan fingerprint density at radius 1 is 1.12 bits per heavy atom. The molecule has 0 saturated heterocycles. The first-order valence-electron chi connectivity index (χ1n) is 5.67. The fraction of sp³-hybridized carbons (Fsp3) is 0.231. The first kappa shape index (κ1) is 10.1. The van der Waals surface area contributed by atoms with Gasteiger partial charge in [-0.15, -0.1) is 0 Å². The van der Waals surface area contributed by atoms with Crippen molar-refractivity contribution >= 4 is 11.8 Å². The molecule has 0 saturated carbocycles. The lowest BCUT2D eigenvalue weighted by Gasteiger charge is -2.20. The zero-order chi connectivity index (χ0) is 12.0. The summed E-state index contributed by atoms with van der Waals surface area (Å²) >= 11 is 0. The van der Waals surface area contributed by atoms with Gasteiger partial charge in [-0.3, -0.25) is 0 Å². The lowest BCUT2D eigenvalue weighted by Crippen LogP contribution is -2.12. The van der Waals surface area contributed by atoms with Crippen molar-refractivity contribution in [3.05, 3.63) is 35.0 Å². The van der Waals surface area contributed by atoms with Crippen LogP contribution in [0.3, 0.4) is 0 Å². The Kier molecular flexibility index (Phi) is 2.04. The molecule has 0 atom stereocenters. The van der Waals surface area contributed by atoms with Crippen LogP contribution >= 0.6 is 0 Å². The Hall–Kier alpha value is -2.10. The number of nitrogens with two attached hydrogens (primary N) is 2. The van der Waals surface area contributed by atoms with Crippen molar-refractivity contribution in [2.45, 2.75) is 19.8 Å². The maximum Gasteiger partial charge on any atom is 0.222 e. The van der Waals surface area contributed by atoms with E-state index in [2.05, 4.69) is 35.1 Å². The average molecular weight is 226 g/mol. The first-order valence-corrected chi connectivity index (χ1v) is 5.67. The maximum atomic E-state index is 5.96. The van der Waals surface area contributed by atoms with E-state index in [1.165, 1.54) is 11.1 Å². The topological polar surface area (TPSA) is 77.8 Å². The molecule has 1 aliphatic rings. The molecule has 1 aromatic carbocycles. The molecule has 3 rings (SSSR count). The molecule has 4 N–H and O–H groups in total. The van der Waals surface area contributed by atoms with Crippen molar-refractivity contribution in [2.24, 2.45) is 0 Å². The van der Waals surface area contributed by atoms with Crippen molar-refractivity contribution in [3.63, 3.8) is 0 Å². The highest BCUT2D eigenvalue weighted by atomic mass is 15.0. The second-order valence-electron chi connectivity index (χ2n) is 4.45. The minimum absolute atomic E-state index is 0.261. The molecule has 4 heteroatoms. The van der Waals surface area contributed by atoms with Gasteiger partial charge >= 0.3 is 0 Å². The number of hydrogen-bond donors (Lipinski definition) is 2. The van der Waals surface area contributed by atoms with Crippen LogP contribution in [-0.4, -0.2) is 9.97 Å². The molecule has 0 spiro atoms. The number of nitrogens with zero attached hydrogens (tertiary/aromatic N) is 2. The third-order valence-corrected chi connectivity index (χ3v) is 3.19. The molecule has 17 heavy (non-hydrogen) atoms. The van der Waals surface area contributed by atoms with Gasteiger partial charge in [-0.05, 0) is 30.9 Å². The van der Waals surface area contributed by atoms with Crippen molar-refractivity contribution in [1.29, 1.82) is 0 Å². The number of fused-ring (bicyclic) bond motifs is 3. The summed E-state index contributed by atoms with van der Waals surface area (Å²) in [5.74, 6) is 0.745. The van der Waals surface area contributed by atoms with Gasteiger partial charge in [-0.2, -0.15) is 4.98 Å². The van der Waals surface area contributed by atoms with Gasteiger partial charge in [-0.1, -0.05) is 23.8 Å². The molecule has 0 bridgehead atoms. The quantitative estimate of drug-likeness (QED) is 0.717. The van der Waals surface area contributed by atoms with Crippen molar-refractivity contribution < 1.29 is 0 Å². The van der Waals surface area contributed by atoms with Gasteiger partial charge in [0.15, 0.2) is 0 Å². The third kappa shape index (κ3) is 1.53. The molecule has 0 unspecified atom stereocenters. The van der Waals surface area contributed by atoms with E-state index < -0.39 is 0 Å². The SMILES string of the molecule is Cc1ccc2c(c1)CCc1nc(N)nc(N)c1-2. The number of nitrogen functional groups attached to an aromatic ring is 2. The van der Waals surface area contributed by atoms with Crippen LogP contribution in [-0.2, 0) is 12.8 Å². The van der Waals surface area contributed by atoms with E-state index in [1.54, 1.807) is 0 Å². The highest BCUT2D eigenvalue weighted by molar-refractivity contribution is 5.80. The lowest BCUT2D eigenvalue weighted by atomic mass is 9.88. The van der Waals surface area contributed by atoms with Crippen LogP contribution < -0.4 is 11.5 Å². The number of aryl methyl sites for hydroxylation is 3. The number of aromatic nitrogens is 2. The van der Waals surface area contributed by atoms with Gasteiger partial charge in [0.25, 0.3) is 0 Å². The van der Waals surface area contributed by atoms with E-state index in [-0.39, 0.29) is 5.95 Å². The summed E-state index contributed by atoms with van der Waals surface area (Å²) in [6, 6.07) is 6.39. The molecular formula is C13H14N4. The molecule has 0 fully saturated rings. The average Bonchev–Trinajstić information content (AvgIpc) is 2.28. The monoisotopic (exact) mass is 226 g/mol. The summed E-state index contributed by atoms with van der Waals surface area (Å²) in [6.45, 7) is 2.10. The Morgan fingerprint density at radius 2 is 1.94 bits per heavy atom. The number of anilines is 2. The standard InChI is InChI=1S/C13H14N4/c1-7-2-4-9-8(6-7)3-5-10-11(9)12(14)17-13(15)16-10/h2,4,6H,3,5H2,1H3,(H4,14,15,16,17). The summed E-state index contributed by atoms with van der Waals surface area (Å²) in [6.07, 6.45) is 1.86. The molecule has 1 aliphatic carbocycles. The second kappa shape index (κ2) is 3.45. The molecule has 0 amide bonds. The molecular weight excluding hydrogens is 212 g/mol. The van der Waals surface area contributed by atoms with Crippen molar-refractivity contribution in [2.75, 3.05) is 11.5 Å². The van der Waals surface area contributed by atoms with Gasteiger partial charge in [0, 0.05) is 5.56 Å². The Labute approximate surface area is 99.7 Å². The molecule has 86 valence electrons. The predicted octanol–water partition coefficient (Wildman–Crippen LogP) is 1.72. The van der Waals surface area contributed by atoms with Crippen LogP contribution in [0, 0.1) is 6.92 Å². The minimum Gasteiger partial charge on any atom is -0.383 e. The Morgan fingerprint density at radius 3 is 2.76 bits per heavy atom. The lowest BCUT2D eigenvalue weighted by molar-refractivity contribution is 0.888. The molecule has 1 aromatic heterocycles. The largest absolute Gasteiger partial charge is 0.383 e. The van der Waals surface area contributed by atoms with Gasteiger partial charge < -0.3 is 11.5 Å². The van der Waals surface area contributed by atoms with E-state index >= 15 is 0 Å². The van der Waals surface area contributed by atoms with Crippen LogP contribution in [0.15, 0.2) is 18.2 Å². The number of rotatable bonds is 0. The Balaban J connectivity index is 2.29. The van der Waals surface area contributed by atoms with E-state index in [0.717, 1.165) is 29.7 Å². The van der Waals surface area contributed by atoms with Crippen LogP contribution in [0.5, 0.6) is 0 Å². The summed E-state index contributed by atoms with van der Waals surface area (Å²) in [4.78, 5) is 8.34. The zero-order valence-electron chi connectivity index (χ0n) is 9.70. The highest BCUT2D eigenvalue weighted by Crippen LogP contribution is 2.36. The molecule has 0 radical (unpaired) electrons. The number of benzene rings is 1.